The minimum Gasteiger partial charge on any atom is -0.468 e. The lowest BCUT2D eigenvalue weighted by Crippen LogP contribution is -2.54. The Morgan fingerprint density at radius 2 is 2.00 bits per heavy atom. The zero-order chi connectivity index (χ0) is 15.6. The summed E-state index contributed by atoms with van der Waals surface area (Å²) in [6.45, 7) is 0.794. The average molecular weight is 331 g/mol. The van der Waals surface area contributed by atoms with E-state index in [0.717, 1.165) is 12.0 Å². The van der Waals surface area contributed by atoms with Crippen molar-refractivity contribution in [2.45, 2.75) is 31.2 Å². The summed E-state index contributed by atoms with van der Waals surface area (Å²) in [5.74, 6) is -0.467. The van der Waals surface area contributed by atoms with Crippen molar-refractivity contribution in [3.63, 3.8) is 0 Å². The first kappa shape index (κ1) is 20.4. The molecule has 0 aliphatic carbocycles. The van der Waals surface area contributed by atoms with Gasteiger partial charge in [-0.3, -0.25) is 4.79 Å². The van der Waals surface area contributed by atoms with Crippen LogP contribution in [0.3, 0.4) is 0 Å². The first-order valence-electron chi connectivity index (χ1n) is 6.87. The normalized spacial score (nSPS) is 12.6. The van der Waals surface area contributed by atoms with Gasteiger partial charge in [-0.05, 0) is 31.4 Å². The number of halogens is 1. The number of methoxy groups -OCH3 is 1. The second-order valence-electron chi connectivity index (χ2n) is 4.80. The van der Waals surface area contributed by atoms with Crippen molar-refractivity contribution in [3.8, 4) is 0 Å². The van der Waals surface area contributed by atoms with Gasteiger partial charge >= 0.3 is 12.4 Å². The Bertz CT molecular complexity index is 444. The molecule has 0 aliphatic rings. The van der Waals surface area contributed by atoms with Gasteiger partial charge in [0.05, 0.1) is 7.11 Å². The highest BCUT2D eigenvalue weighted by molar-refractivity contribution is 5.85. The molecule has 3 N–H and O–H groups in total. The number of ether oxygens (including phenoxy) is 1. The predicted molar refractivity (Wildman–Crippen MR) is 85.3 cm³/mol. The predicted octanol–water partition coefficient (Wildman–Crippen LogP) is 1.37. The van der Waals surface area contributed by atoms with Gasteiger partial charge < -0.3 is 15.3 Å². The molecule has 7 heteroatoms. The van der Waals surface area contributed by atoms with Crippen LogP contribution in [0.15, 0.2) is 30.3 Å². The smallest absolute Gasteiger partial charge is 0.329 e. The van der Waals surface area contributed by atoms with Crippen LogP contribution in [0, 0.1) is 0 Å². The summed E-state index contributed by atoms with van der Waals surface area (Å²) >= 11 is 0. The zero-order valence-electron chi connectivity index (χ0n) is 12.6. The number of benzene rings is 1. The molecule has 6 nitrogen and oxygen atoms in total. The maximum absolute atomic E-state index is 12.2. The largest absolute Gasteiger partial charge is 0.468 e. The Hall–Kier alpha value is -1.63. The summed E-state index contributed by atoms with van der Waals surface area (Å²) in [5.41, 5.74) is 7.89. The maximum Gasteiger partial charge on any atom is 0.329 e. The van der Waals surface area contributed by atoms with Gasteiger partial charge in [-0.15, -0.1) is 17.9 Å². The molecule has 1 aromatic rings. The number of rotatable bonds is 10. The van der Waals surface area contributed by atoms with Crippen LogP contribution < -0.4 is 11.2 Å². The zero-order valence-corrected chi connectivity index (χ0v) is 13.4. The van der Waals surface area contributed by atoms with Gasteiger partial charge in [0.25, 0.3) is 0 Å². The van der Waals surface area contributed by atoms with E-state index in [1.807, 2.05) is 30.3 Å². The Morgan fingerprint density at radius 3 is 2.55 bits per heavy atom. The SMILES string of the molecule is COC(=O)[C@@](CCCCN)(Cc1ccccc1)NOC=O.Cl. The lowest BCUT2D eigenvalue weighted by molar-refractivity contribution is -0.160. The van der Waals surface area contributed by atoms with Gasteiger partial charge in [0.2, 0.25) is 0 Å². The average Bonchev–Trinajstić information content (AvgIpc) is 2.52. The minimum atomic E-state index is -1.10. The van der Waals surface area contributed by atoms with E-state index in [0.29, 0.717) is 25.8 Å². The highest BCUT2D eigenvalue weighted by atomic mass is 35.5. The minimum absolute atomic E-state index is 0. The third kappa shape index (κ3) is 6.01. The lowest BCUT2D eigenvalue weighted by atomic mass is 9.86. The maximum atomic E-state index is 12.2. The lowest BCUT2D eigenvalue weighted by Gasteiger charge is -2.30. The van der Waals surface area contributed by atoms with E-state index in [1.54, 1.807) is 0 Å². The van der Waals surface area contributed by atoms with Crippen molar-refractivity contribution in [2.24, 2.45) is 5.73 Å². The molecule has 0 amide bonds. The molecule has 0 fully saturated rings. The summed E-state index contributed by atoms with van der Waals surface area (Å²) in [5, 5.41) is 0. The van der Waals surface area contributed by atoms with Crippen LogP contribution in [0.25, 0.3) is 0 Å². The monoisotopic (exact) mass is 330 g/mol. The topological polar surface area (TPSA) is 90.7 Å². The molecule has 0 heterocycles. The van der Waals surface area contributed by atoms with Crippen LogP contribution in [0.5, 0.6) is 0 Å². The highest BCUT2D eigenvalue weighted by Gasteiger charge is 2.40. The molecule has 0 saturated carbocycles. The summed E-state index contributed by atoms with van der Waals surface area (Å²) in [7, 11) is 1.31. The molecule has 0 bridgehead atoms. The Labute approximate surface area is 136 Å². The molecule has 1 atom stereocenters. The number of hydroxylamine groups is 1. The number of hydrogen-bond donors (Lipinski definition) is 2. The van der Waals surface area contributed by atoms with Crippen LogP contribution in [0.4, 0.5) is 0 Å². The Balaban J connectivity index is 0.00000441. The number of nitrogens with two attached hydrogens (primary N) is 1. The third-order valence-corrected chi connectivity index (χ3v) is 3.28. The molecule has 0 saturated heterocycles. The van der Waals surface area contributed by atoms with Crippen molar-refractivity contribution < 1.29 is 19.2 Å². The number of esters is 1. The van der Waals surface area contributed by atoms with Gasteiger partial charge in [0, 0.05) is 6.42 Å². The molecule has 1 aromatic carbocycles. The van der Waals surface area contributed by atoms with Crippen molar-refractivity contribution in [2.75, 3.05) is 13.7 Å². The molecule has 0 aromatic heterocycles. The first-order chi connectivity index (χ1) is 10.2. The van der Waals surface area contributed by atoms with Gasteiger partial charge in [-0.2, -0.15) is 0 Å². The number of carbonyl (C=O) groups excluding carboxylic acids is 2. The fraction of sp³-hybridized carbons (Fsp3) is 0.467. The molecule has 1 rings (SSSR count). The van der Waals surface area contributed by atoms with Crippen LogP contribution in [0.2, 0.25) is 0 Å². The van der Waals surface area contributed by atoms with E-state index in [-0.39, 0.29) is 18.9 Å². The molecule has 0 radical (unpaired) electrons. The van der Waals surface area contributed by atoms with Gasteiger partial charge in [-0.25, -0.2) is 4.79 Å². The number of hydrogen-bond acceptors (Lipinski definition) is 6. The molecule has 0 unspecified atom stereocenters. The summed E-state index contributed by atoms with van der Waals surface area (Å²) in [4.78, 5) is 27.4. The second kappa shape index (κ2) is 11.0. The Morgan fingerprint density at radius 1 is 1.32 bits per heavy atom. The molecule has 124 valence electrons. The van der Waals surface area contributed by atoms with Crippen molar-refractivity contribution >= 4 is 24.8 Å². The number of carbonyl (C=O) groups is 2. The second-order valence-corrected chi connectivity index (χ2v) is 4.80. The van der Waals surface area contributed by atoms with Crippen LogP contribution in [0.1, 0.15) is 24.8 Å². The molecule has 22 heavy (non-hydrogen) atoms. The fourth-order valence-electron chi connectivity index (χ4n) is 2.24. The van der Waals surface area contributed by atoms with E-state index in [2.05, 4.69) is 10.3 Å². The highest BCUT2D eigenvalue weighted by Crippen LogP contribution is 2.22. The van der Waals surface area contributed by atoms with E-state index in [9.17, 15) is 9.59 Å². The molecular formula is C15H23ClN2O4. The molecule has 0 aliphatic heterocycles. The van der Waals surface area contributed by atoms with Gasteiger partial charge in [0.15, 0.2) is 5.54 Å². The summed E-state index contributed by atoms with van der Waals surface area (Å²) in [6.07, 6.45) is 2.31. The molecular weight excluding hydrogens is 308 g/mol. The third-order valence-electron chi connectivity index (χ3n) is 3.28. The number of unbranched alkanes of at least 4 members (excludes halogenated alkanes) is 1. The van der Waals surface area contributed by atoms with Crippen molar-refractivity contribution in [1.82, 2.24) is 5.48 Å². The van der Waals surface area contributed by atoms with E-state index < -0.39 is 11.5 Å². The summed E-state index contributed by atoms with van der Waals surface area (Å²) in [6, 6.07) is 9.48. The standard InChI is InChI=1S/C15H22N2O4.ClH/c1-20-14(19)15(17-21-12-18,9-5-6-10-16)11-13-7-3-2-4-8-13;/h2-4,7-8,12,17H,5-6,9-11,16H2,1H3;1H/t15-;/m1./s1. The molecule has 0 spiro atoms. The fourth-order valence-corrected chi connectivity index (χ4v) is 2.24. The van der Waals surface area contributed by atoms with E-state index in [1.165, 1.54) is 7.11 Å². The number of nitrogens with one attached hydrogen (secondary N) is 1. The van der Waals surface area contributed by atoms with Crippen molar-refractivity contribution in [3.05, 3.63) is 35.9 Å². The Kier molecular flexibility index (Phi) is 10.2. The van der Waals surface area contributed by atoms with E-state index in [4.69, 9.17) is 10.5 Å². The van der Waals surface area contributed by atoms with Crippen LogP contribution >= 0.6 is 12.4 Å². The quantitative estimate of drug-likeness (QED) is 0.291. The van der Waals surface area contributed by atoms with Crippen LogP contribution in [-0.4, -0.2) is 31.6 Å². The van der Waals surface area contributed by atoms with Crippen molar-refractivity contribution in [1.29, 1.82) is 0 Å². The summed E-state index contributed by atoms with van der Waals surface area (Å²) < 4.78 is 4.89. The first-order valence-corrected chi connectivity index (χ1v) is 6.87. The van der Waals surface area contributed by atoms with E-state index >= 15 is 0 Å². The van der Waals surface area contributed by atoms with Gasteiger partial charge in [0.1, 0.15) is 0 Å². The van der Waals surface area contributed by atoms with Gasteiger partial charge in [-0.1, -0.05) is 30.3 Å². The van der Waals surface area contributed by atoms with Crippen LogP contribution in [-0.2, 0) is 25.6 Å².